The molecule has 0 N–H and O–H groups in total. The van der Waals surface area contributed by atoms with Crippen molar-refractivity contribution in [3.8, 4) is 0 Å². The molecule has 1 fully saturated rings. The highest BCUT2D eigenvalue weighted by Crippen LogP contribution is 2.52. The summed E-state index contributed by atoms with van der Waals surface area (Å²) in [5.41, 5.74) is 1.06. The molecule has 0 aliphatic heterocycles. The highest BCUT2D eigenvalue weighted by Gasteiger charge is 2.42. The highest BCUT2D eigenvalue weighted by molar-refractivity contribution is 5.08. The van der Waals surface area contributed by atoms with Crippen LogP contribution in [0.4, 0.5) is 0 Å². The van der Waals surface area contributed by atoms with Crippen LogP contribution in [-0.2, 0) is 0 Å². The van der Waals surface area contributed by atoms with E-state index >= 15 is 0 Å². The lowest BCUT2D eigenvalue weighted by molar-refractivity contribution is 0.119. The second kappa shape index (κ2) is 1.29. The predicted octanol–water partition coefficient (Wildman–Crippen LogP) is 2.65. The first kappa shape index (κ1) is 6.12. The summed E-state index contributed by atoms with van der Waals surface area (Å²) >= 11 is 0. The monoisotopic (exact) mass is 111 g/mol. The van der Waals surface area contributed by atoms with Crippen molar-refractivity contribution in [1.29, 1.82) is 0 Å². The van der Waals surface area contributed by atoms with Crippen molar-refractivity contribution < 1.29 is 0 Å². The molecular formula is C8H15. The molecular weight excluding hydrogens is 96.1 g/mol. The van der Waals surface area contributed by atoms with Crippen molar-refractivity contribution in [2.45, 2.75) is 34.1 Å². The van der Waals surface area contributed by atoms with Gasteiger partial charge in [0.15, 0.2) is 0 Å². The lowest BCUT2D eigenvalue weighted by Gasteiger charge is -2.48. The zero-order valence-electron chi connectivity index (χ0n) is 6.28. The molecule has 0 spiro atoms. The summed E-state index contributed by atoms with van der Waals surface area (Å²) in [4.78, 5) is 0. The highest BCUT2D eigenvalue weighted by atomic mass is 14.5. The van der Waals surface area contributed by atoms with Gasteiger partial charge < -0.3 is 0 Å². The Labute approximate surface area is 52.3 Å². The Hall–Kier alpha value is 0. The van der Waals surface area contributed by atoms with Crippen LogP contribution in [0, 0.1) is 17.3 Å². The van der Waals surface area contributed by atoms with Gasteiger partial charge in [-0.1, -0.05) is 27.7 Å². The van der Waals surface area contributed by atoms with Gasteiger partial charge in [-0.3, -0.25) is 0 Å². The molecule has 47 valence electrons. The molecule has 0 nitrogen and oxygen atoms in total. The van der Waals surface area contributed by atoms with E-state index < -0.39 is 0 Å². The topological polar surface area (TPSA) is 0 Å². The summed E-state index contributed by atoms with van der Waals surface area (Å²) in [5.74, 6) is 0. The van der Waals surface area contributed by atoms with E-state index in [9.17, 15) is 0 Å². The fourth-order valence-electron chi connectivity index (χ4n) is 2.20. The third kappa shape index (κ3) is 1.04. The summed E-state index contributed by atoms with van der Waals surface area (Å²) < 4.78 is 0. The quantitative estimate of drug-likeness (QED) is 0.451. The zero-order chi connectivity index (χ0) is 6.41. The predicted molar refractivity (Wildman–Crippen MR) is 36.5 cm³/mol. The van der Waals surface area contributed by atoms with Gasteiger partial charge in [-0.2, -0.15) is 0 Å². The number of hydrogen-bond donors (Lipinski definition) is 0. The van der Waals surface area contributed by atoms with E-state index in [-0.39, 0.29) is 0 Å². The maximum atomic E-state index is 2.43. The molecule has 1 saturated carbocycles. The molecule has 0 atom stereocenters. The smallest absolute Gasteiger partial charge is 0.0272 e. The minimum Gasteiger partial charge on any atom is -0.0596 e. The maximum absolute atomic E-state index is 2.43. The second-order valence-electron chi connectivity index (χ2n) is 4.30. The molecule has 1 aliphatic rings. The summed E-state index contributed by atoms with van der Waals surface area (Å²) in [6.07, 6.45) is 3.78. The van der Waals surface area contributed by atoms with E-state index in [0.29, 0.717) is 10.8 Å². The number of hydrogen-bond acceptors (Lipinski definition) is 0. The van der Waals surface area contributed by atoms with Crippen molar-refractivity contribution in [2.75, 3.05) is 0 Å². The molecule has 0 aromatic heterocycles. The van der Waals surface area contributed by atoms with E-state index in [1.54, 1.807) is 0 Å². The van der Waals surface area contributed by atoms with Crippen LogP contribution < -0.4 is 0 Å². The molecule has 8 heavy (non-hydrogen) atoms. The Balaban J connectivity index is 2.42. The van der Waals surface area contributed by atoms with Gasteiger partial charge in [0.1, 0.15) is 0 Å². The first-order valence-corrected chi connectivity index (χ1v) is 3.28. The van der Waals surface area contributed by atoms with Gasteiger partial charge in [0, 0.05) is 0 Å². The summed E-state index contributed by atoms with van der Waals surface area (Å²) in [5, 5.41) is 0. The van der Waals surface area contributed by atoms with Gasteiger partial charge in [0.25, 0.3) is 0 Å². The van der Waals surface area contributed by atoms with Crippen LogP contribution in [0.25, 0.3) is 0 Å². The van der Waals surface area contributed by atoms with Gasteiger partial charge in [-0.25, -0.2) is 0 Å². The fraction of sp³-hybridized carbons (Fsp3) is 0.875. The van der Waals surface area contributed by atoms with Gasteiger partial charge in [-0.15, -0.1) is 0 Å². The largest absolute Gasteiger partial charge is 0.0596 e. The first-order chi connectivity index (χ1) is 3.41. The maximum Gasteiger partial charge on any atom is -0.0272 e. The SMILES string of the molecule is CC1(C)[CH]C(C)(C)C1. The average molecular weight is 111 g/mol. The summed E-state index contributed by atoms with van der Waals surface area (Å²) in [6.45, 7) is 9.16. The van der Waals surface area contributed by atoms with Gasteiger partial charge in [-0.05, 0) is 23.7 Å². The second-order valence-corrected chi connectivity index (χ2v) is 4.30. The molecule has 0 unspecified atom stereocenters. The van der Waals surface area contributed by atoms with Gasteiger partial charge in [0.2, 0.25) is 0 Å². The van der Waals surface area contributed by atoms with Crippen molar-refractivity contribution in [2.24, 2.45) is 10.8 Å². The molecule has 1 radical (unpaired) electrons. The van der Waals surface area contributed by atoms with E-state index in [2.05, 4.69) is 34.1 Å². The Morgan fingerprint density at radius 2 is 1.25 bits per heavy atom. The van der Waals surface area contributed by atoms with Crippen LogP contribution in [0.2, 0.25) is 0 Å². The third-order valence-electron chi connectivity index (χ3n) is 1.69. The molecule has 0 bridgehead atoms. The van der Waals surface area contributed by atoms with Crippen LogP contribution in [0.5, 0.6) is 0 Å². The standard InChI is InChI=1S/C8H15/c1-7(2)5-8(3,4)6-7/h5H,6H2,1-4H3. The number of rotatable bonds is 0. The first-order valence-electron chi connectivity index (χ1n) is 3.28. The Morgan fingerprint density at radius 3 is 1.25 bits per heavy atom. The fourth-order valence-corrected chi connectivity index (χ4v) is 2.20. The molecule has 0 aromatic carbocycles. The van der Waals surface area contributed by atoms with Crippen molar-refractivity contribution in [1.82, 2.24) is 0 Å². The third-order valence-corrected chi connectivity index (χ3v) is 1.69. The Kier molecular flexibility index (Phi) is 0.984. The molecule has 0 saturated heterocycles. The molecule has 1 aliphatic carbocycles. The minimum absolute atomic E-state index is 0.531. The molecule has 0 amide bonds. The van der Waals surface area contributed by atoms with E-state index in [0.717, 1.165) is 0 Å². The van der Waals surface area contributed by atoms with E-state index in [1.165, 1.54) is 6.42 Å². The summed E-state index contributed by atoms with van der Waals surface area (Å²) in [7, 11) is 0. The van der Waals surface area contributed by atoms with E-state index in [1.807, 2.05) is 0 Å². The van der Waals surface area contributed by atoms with Crippen molar-refractivity contribution in [3.05, 3.63) is 6.42 Å². The molecule has 1 rings (SSSR count). The minimum atomic E-state index is 0.531. The van der Waals surface area contributed by atoms with Crippen LogP contribution in [0.1, 0.15) is 34.1 Å². The zero-order valence-corrected chi connectivity index (χ0v) is 6.28. The molecule has 0 aromatic rings. The Morgan fingerprint density at radius 1 is 1.00 bits per heavy atom. The van der Waals surface area contributed by atoms with Crippen LogP contribution in [0.3, 0.4) is 0 Å². The summed E-state index contributed by atoms with van der Waals surface area (Å²) in [6, 6.07) is 0. The lowest BCUT2D eigenvalue weighted by Crippen LogP contribution is -2.39. The van der Waals surface area contributed by atoms with Crippen LogP contribution in [0.15, 0.2) is 0 Å². The van der Waals surface area contributed by atoms with Crippen molar-refractivity contribution >= 4 is 0 Å². The van der Waals surface area contributed by atoms with Gasteiger partial charge in [0.05, 0.1) is 0 Å². The lowest BCUT2D eigenvalue weighted by atomic mass is 9.56. The van der Waals surface area contributed by atoms with E-state index in [4.69, 9.17) is 0 Å². The van der Waals surface area contributed by atoms with Crippen molar-refractivity contribution in [3.63, 3.8) is 0 Å². The normalized spacial score (nSPS) is 31.5. The van der Waals surface area contributed by atoms with Gasteiger partial charge >= 0.3 is 0 Å². The van der Waals surface area contributed by atoms with Crippen LogP contribution >= 0.6 is 0 Å². The molecule has 0 heterocycles. The molecule has 0 heteroatoms. The van der Waals surface area contributed by atoms with Crippen LogP contribution in [-0.4, -0.2) is 0 Å². The Bertz CT molecular complexity index is 76.6. The average Bonchev–Trinajstić information content (AvgIpc) is 1.20.